The highest BCUT2D eigenvalue weighted by Gasteiger charge is 2.23. The van der Waals surface area contributed by atoms with Crippen molar-refractivity contribution in [2.75, 3.05) is 11.4 Å². The molecular weight excluding hydrogens is 234 g/mol. The minimum atomic E-state index is 0.535. The Balaban J connectivity index is 2.14. The lowest BCUT2D eigenvalue weighted by molar-refractivity contribution is 0.925. The lowest BCUT2D eigenvalue weighted by atomic mass is 10.1. The number of para-hydroxylation sites is 1. The predicted octanol–water partition coefficient (Wildman–Crippen LogP) is 2.85. The van der Waals surface area contributed by atoms with Crippen LogP contribution in [0.15, 0.2) is 30.3 Å². The minimum Gasteiger partial charge on any atom is -0.326 e. The third-order valence-corrected chi connectivity index (χ3v) is 3.80. The van der Waals surface area contributed by atoms with Gasteiger partial charge in [0.1, 0.15) is 5.82 Å². The molecule has 3 rings (SSSR count). The maximum Gasteiger partial charge on any atom is 0.138 e. The van der Waals surface area contributed by atoms with E-state index in [1.54, 1.807) is 0 Å². The molecule has 98 valence electrons. The van der Waals surface area contributed by atoms with Crippen molar-refractivity contribution in [3.05, 3.63) is 52.7 Å². The summed E-state index contributed by atoms with van der Waals surface area (Å²) < 4.78 is 0. The number of aromatic nitrogens is 1. The van der Waals surface area contributed by atoms with Gasteiger partial charge in [-0.25, -0.2) is 4.98 Å². The smallest absolute Gasteiger partial charge is 0.138 e. The van der Waals surface area contributed by atoms with Crippen LogP contribution in [0.2, 0.25) is 0 Å². The standard InChI is InChI=1S/C16H19N3/c1-11-9-12(2)18-16(14(11)10-17)19-8-7-13-5-3-4-6-15(13)19/h3-6,9H,7-8,10,17H2,1-2H3. The molecule has 1 aromatic carbocycles. The Labute approximate surface area is 114 Å². The second kappa shape index (κ2) is 4.67. The van der Waals surface area contributed by atoms with Gasteiger partial charge in [-0.05, 0) is 43.5 Å². The zero-order valence-electron chi connectivity index (χ0n) is 11.5. The van der Waals surface area contributed by atoms with Gasteiger partial charge in [-0.15, -0.1) is 0 Å². The molecule has 3 heteroatoms. The average Bonchev–Trinajstić information content (AvgIpc) is 2.81. The molecule has 2 aromatic rings. The van der Waals surface area contributed by atoms with E-state index in [1.165, 1.54) is 16.8 Å². The first-order valence-electron chi connectivity index (χ1n) is 6.73. The molecule has 0 unspecified atom stereocenters. The van der Waals surface area contributed by atoms with E-state index in [4.69, 9.17) is 10.7 Å². The Morgan fingerprint density at radius 3 is 2.84 bits per heavy atom. The number of anilines is 2. The van der Waals surface area contributed by atoms with E-state index >= 15 is 0 Å². The van der Waals surface area contributed by atoms with Crippen LogP contribution in [0, 0.1) is 13.8 Å². The molecule has 1 aliphatic rings. The first-order chi connectivity index (χ1) is 9.20. The molecule has 0 amide bonds. The maximum absolute atomic E-state index is 5.92. The molecule has 3 nitrogen and oxygen atoms in total. The van der Waals surface area contributed by atoms with Crippen LogP contribution in [-0.2, 0) is 13.0 Å². The fraction of sp³-hybridized carbons (Fsp3) is 0.312. The van der Waals surface area contributed by atoms with Crippen molar-refractivity contribution in [3.63, 3.8) is 0 Å². The highest BCUT2D eigenvalue weighted by Crippen LogP contribution is 2.35. The summed E-state index contributed by atoms with van der Waals surface area (Å²) in [6.07, 6.45) is 1.08. The highest BCUT2D eigenvalue weighted by molar-refractivity contribution is 5.70. The molecule has 1 aliphatic heterocycles. The van der Waals surface area contributed by atoms with Gasteiger partial charge in [0.2, 0.25) is 0 Å². The number of pyridine rings is 1. The average molecular weight is 253 g/mol. The van der Waals surface area contributed by atoms with Crippen LogP contribution in [0.5, 0.6) is 0 Å². The molecule has 1 aromatic heterocycles. The number of hydrogen-bond acceptors (Lipinski definition) is 3. The maximum atomic E-state index is 5.92. The van der Waals surface area contributed by atoms with Gasteiger partial charge in [-0.1, -0.05) is 18.2 Å². The SMILES string of the molecule is Cc1cc(C)c(CN)c(N2CCc3ccccc32)n1. The monoisotopic (exact) mass is 253 g/mol. The van der Waals surface area contributed by atoms with Crippen molar-refractivity contribution < 1.29 is 0 Å². The summed E-state index contributed by atoms with van der Waals surface area (Å²) in [5, 5.41) is 0. The van der Waals surface area contributed by atoms with Crippen molar-refractivity contribution in [1.29, 1.82) is 0 Å². The van der Waals surface area contributed by atoms with Crippen LogP contribution < -0.4 is 10.6 Å². The van der Waals surface area contributed by atoms with E-state index in [9.17, 15) is 0 Å². The predicted molar refractivity (Wildman–Crippen MR) is 78.8 cm³/mol. The summed E-state index contributed by atoms with van der Waals surface area (Å²) in [4.78, 5) is 7.03. The van der Waals surface area contributed by atoms with Crippen LogP contribution in [0.1, 0.15) is 22.4 Å². The van der Waals surface area contributed by atoms with Gasteiger partial charge in [0.05, 0.1) is 0 Å². The van der Waals surface area contributed by atoms with Gasteiger partial charge in [-0.3, -0.25) is 0 Å². The fourth-order valence-corrected chi connectivity index (χ4v) is 2.88. The molecule has 19 heavy (non-hydrogen) atoms. The van der Waals surface area contributed by atoms with Crippen molar-refractivity contribution in [2.45, 2.75) is 26.8 Å². The number of nitrogens with zero attached hydrogens (tertiary/aromatic N) is 2. The zero-order chi connectivity index (χ0) is 13.4. The molecule has 0 radical (unpaired) electrons. The molecular formula is C16H19N3. The first-order valence-corrected chi connectivity index (χ1v) is 6.73. The molecule has 0 spiro atoms. The highest BCUT2D eigenvalue weighted by atomic mass is 15.2. The van der Waals surface area contributed by atoms with Crippen molar-refractivity contribution in [3.8, 4) is 0 Å². The fourth-order valence-electron chi connectivity index (χ4n) is 2.88. The lowest BCUT2D eigenvalue weighted by Crippen LogP contribution is -2.19. The van der Waals surface area contributed by atoms with Crippen molar-refractivity contribution in [2.24, 2.45) is 5.73 Å². The number of hydrogen-bond donors (Lipinski definition) is 1. The van der Waals surface area contributed by atoms with E-state index in [2.05, 4.69) is 42.2 Å². The molecule has 0 saturated carbocycles. The normalized spacial score (nSPS) is 13.7. The second-order valence-electron chi connectivity index (χ2n) is 5.12. The van der Waals surface area contributed by atoms with Crippen LogP contribution in [0.3, 0.4) is 0 Å². The summed E-state index contributed by atoms with van der Waals surface area (Å²) in [6, 6.07) is 10.7. The van der Waals surface area contributed by atoms with Gasteiger partial charge in [0.25, 0.3) is 0 Å². The molecule has 2 N–H and O–H groups in total. The number of benzene rings is 1. The number of aryl methyl sites for hydroxylation is 2. The van der Waals surface area contributed by atoms with E-state index < -0.39 is 0 Å². The Morgan fingerprint density at radius 2 is 2.05 bits per heavy atom. The van der Waals surface area contributed by atoms with Gasteiger partial charge in [0, 0.05) is 30.0 Å². The Kier molecular flexibility index (Phi) is 2.99. The summed E-state index contributed by atoms with van der Waals surface area (Å²) in [7, 11) is 0. The number of nitrogens with two attached hydrogens (primary N) is 1. The zero-order valence-corrected chi connectivity index (χ0v) is 11.5. The Bertz CT molecular complexity index is 619. The van der Waals surface area contributed by atoms with Gasteiger partial charge in [-0.2, -0.15) is 0 Å². The third kappa shape index (κ3) is 2.00. The first kappa shape index (κ1) is 12.2. The van der Waals surface area contributed by atoms with E-state index in [-0.39, 0.29) is 0 Å². The molecule has 0 aliphatic carbocycles. The number of fused-ring (bicyclic) bond motifs is 1. The molecule has 0 saturated heterocycles. The Morgan fingerprint density at radius 1 is 1.26 bits per heavy atom. The lowest BCUT2D eigenvalue weighted by Gasteiger charge is -2.23. The van der Waals surface area contributed by atoms with E-state index in [0.717, 1.165) is 30.0 Å². The summed E-state index contributed by atoms with van der Waals surface area (Å²) >= 11 is 0. The van der Waals surface area contributed by atoms with Gasteiger partial charge < -0.3 is 10.6 Å². The Hall–Kier alpha value is -1.87. The number of rotatable bonds is 2. The molecule has 0 bridgehead atoms. The van der Waals surface area contributed by atoms with Crippen LogP contribution in [0.4, 0.5) is 11.5 Å². The quantitative estimate of drug-likeness (QED) is 0.895. The third-order valence-electron chi connectivity index (χ3n) is 3.80. The van der Waals surface area contributed by atoms with Crippen LogP contribution in [-0.4, -0.2) is 11.5 Å². The van der Waals surface area contributed by atoms with E-state index in [1.807, 2.05) is 6.92 Å². The van der Waals surface area contributed by atoms with Gasteiger partial charge in [0.15, 0.2) is 0 Å². The molecule has 2 heterocycles. The van der Waals surface area contributed by atoms with Crippen LogP contribution in [0.25, 0.3) is 0 Å². The van der Waals surface area contributed by atoms with Crippen molar-refractivity contribution >= 4 is 11.5 Å². The summed E-state index contributed by atoms with van der Waals surface area (Å²) in [6.45, 7) is 5.68. The molecule has 0 fully saturated rings. The van der Waals surface area contributed by atoms with E-state index in [0.29, 0.717) is 6.54 Å². The second-order valence-corrected chi connectivity index (χ2v) is 5.12. The van der Waals surface area contributed by atoms with Gasteiger partial charge >= 0.3 is 0 Å². The van der Waals surface area contributed by atoms with Crippen LogP contribution >= 0.6 is 0 Å². The summed E-state index contributed by atoms with van der Waals surface area (Å²) in [5.74, 6) is 1.03. The topological polar surface area (TPSA) is 42.1 Å². The summed E-state index contributed by atoms with van der Waals surface area (Å²) in [5.41, 5.74) is 12.0. The minimum absolute atomic E-state index is 0.535. The van der Waals surface area contributed by atoms with Crippen molar-refractivity contribution in [1.82, 2.24) is 4.98 Å². The molecule has 0 atom stereocenters. The largest absolute Gasteiger partial charge is 0.326 e.